The Hall–Kier alpha value is -3.55. The first kappa shape index (κ1) is 24.2. The van der Waals surface area contributed by atoms with E-state index < -0.39 is 0 Å². The Morgan fingerprint density at radius 3 is 2.69 bits per heavy atom. The van der Waals surface area contributed by atoms with Crippen LogP contribution in [-0.4, -0.2) is 14.5 Å². The average Bonchev–Trinajstić information content (AvgIpc) is 3.36. The van der Waals surface area contributed by atoms with Gasteiger partial charge in [0.15, 0.2) is 0 Å². The molecule has 0 unspecified atom stereocenters. The third kappa shape index (κ3) is 4.76. The van der Waals surface area contributed by atoms with E-state index in [1.807, 2.05) is 48.7 Å². The van der Waals surface area contributed by atoms with Crippen molar-refractivity contribution < 1.29 is 0 Å². The summed E-state index contributed by atoms with van der Waals surface area (Å²) in [7, 11) is 0. The molecule has 36 heavy (non-hydrogen) atoms. The number of rotatable bonds is 7. The number of pyridine rings is 2. The molecule has 0 amide bonds. The smallest absolute Gasteiger partial charge is 0.260 e. The predicted molar refractivity (Wildman–Crippen MR) is 146 cm³/mol. The summed E-state index contributed by atoms with van der Waals surface area (Å²) in [5.74, 6) is 0.816. The highest BCUT2D eigenvalue weighted by Gasteiger charge is 2.16. The van der Waals surface area contributed by atoms with Gasteiger partial charge in [-0.3, -0.25) is 14.3 Å². The molecule has 0 fully saturated rings. The Morgan fingerprint density at radius 2 is 2.00 bits per heavy atom. The molecule has 182 valence electrons. The van der Waals surface area contributed by atoms with Gasteiger partial charge in [-0.25, -0.2) is 9.98 Å². The maximum Gasteiger partial charge on any atom is 0.260 e. The van der Waals surface area contributed by atoms with Crippen molar-refractivity contribution in [3.05, 3.63) is 103 Å². The van der Waals surface area contributed by atoms with E-state index in [9.17, 15) is 4.79 Å². The predicted octanol–water partition coefficient (Wildman–Crippen LogP) is 4.92. The van der Waals surface area contributed by atoms with Crippen LogP contribution in [-0.2, 0) is 13.1 Å². The van der Waals surface area contributed by atoms with Crippen LogP contribution < -0.4 is 21.6 Å². The van der Waals surface area contributed by atoms with E-state index in [1.54, 1.807) is 34.5 Å². The molecule has 4 heterocycles. The van der Waals surface area contributed by atoms with Gasteiger partial charge in [-0.1, -0.05) is 42.8 Å². The fourth-order valence-electron chi connectivity index (χ4n) is 4.38. The van der Waals surface area contributed by atoms with Crippen LogP contribution in [0, 0.1) is 0 Å². The zero-order valence-corrected chi connectivity index (χ0v) is 21.7. The van der Waals surface area contributed by atoms with Crippen molar-refractivity contribution in [1.29, 1.82) is 0 Å². The number of allylic oxidation sites excluding steroid dienone is 1. The molecule has 0 radical (unpaired) electrons. The van der Waals surface area contributed by atoms with Crippen molar-refractivity contribution in [2.24, 2.45) is 4.99 Å². The van der Waals surface area contributed by atoms with Gasteiger partial charge in [-0.2, -0.15) is 0 Å². The monoisotopic (exact) mass is 515 g/mol. The zero-order valence-electron chi connectivity index (χ0n) is 20.2. The van der Waals surface area contributed by atoms with Gasteiger partial charge in [0.2, 0.25) is 0 Å². The van der Waals surface area contributed by atoms with E-state index in [4.69, 9.17) is 16.6 Å². The van der Waals surface area contributed by atoms with Crippen molar-refractivity contribution in [2.75, 3.05) is 0 Å². The summed E-state index contributed by atoms with van der Waals surface area (Å²) in [6.45, 7) is 5.19. The lowest BCUT2D eigenvalue weighted by molar-refractivity contribution is 0.668. The van der Waals surface area contributed by atoms with Gasteiger partial charge in [0.25, 0.3) is 5.56 Å². The number of hydrogen-bond donors (Lipinski definition) is 1. The van der Waals surface area contributed by atoms with Crippen molar-refractivity contribution in [2.45, 2.75) is 39.8 Å². The maximum absolute atomic E-state index is 13.7. The van der Waals surface area contributed by atoms with Gasteiger partial charge in [-0.05, 0) is 49.1 Å². The summed E-state index contributed by atoms with van der Waals surface area (Å²) in [6, 6.07) is 11.6. The second kappa shape index (κ2) is 10.6. The molecule has 0 aliphatic carbocycles. The number of fused-ring (bicyclic) bond motifs is 1. The molecule has 6 nitrogen and oxygen atoms in total. The number of nitrogens with zero attached hydrogens (tertiary/aromatic N) is 4. The maximum atomic E-state index is 13.7. The Labute approximate surface area is 218 Å². The van der Waals surface area contributed by atoms with E-state index in [1.165, 1.54) is 5.57 Å². The molecule has 0 bridgehead atoms. The number of thiazole rings is 1. The molecule has 8 heteroatoms. The van der Waals surface area contributed by atoms with Crippen molar-refractivity contribution in [3.63, 3.8) is 0 Å². The van der Waals surface area contributed by atoms with Crippen LogP contribution in [0.25, 0.3) is 28.3 Å². The molecule has 3 aromatic heterocycles. The van der Waals surface area contributed by atoms with Gasteiger partial charge in [0.05, 0.1) is 6.54 Å². The van der Waals surface area contributed by atoms with Gasteiger partial charge < -0.3 is 5.32 Å². The minimum Gasteiger partial charge on any atom is -0.364 e. The largest absolute Gasteiger partial charge is 0.364 e. The minimum atomic E-state index is -0.108. The second-order valence-corrected chi connectivity index (χ2v) is 9.81. The van der Waals surface area contributed by atoms with Crippen LogP contribution >= 0.6 is 22.9 Å². The number of aromatic nitrogens is 3. The van der Waals surface area contributed by atoms with Crippen LogP contribution in [0.3, 0.4) is 0 Å². The minimum absolute atomic E-state index is 0.108. The van der Waals surface area contributed by atoms with Gasteiger partial charge in [0, 0.05) is 57.4 Å². The third-order valence-electron chi connectivity index (χ3n) is 6.30. The first-order valence-electron chi connectivity index (χ1n) is 12.0. The highest BCUT2D eigenvalue weighted by Crippen LogP contribution is 2.30. The lowest BCUT2D eigenvalue weighted by atomic mass is 10.0. The Balaban J connectivity index is 1.60. The fourth-order valence-corrected chi connectivity index (χ4v) is 5.22. The Morgan fingerprint density at radius 1 is 1.11 bits per heavy atom. The number of hydrogen-bond acceptors (Lipinski definition) is 6. The summed E-state index contributed by atoms with van der Waals surface area (Å²) < 4.78 is 1.73. The summed E-state index contributed by atoms with van der Waals surface area (Å²) in [5.41, 5.74) is 4.96. The molecule has 0 atom stereocenters. The SMILES string of the molecule is CCC1=C(NCc2nccs2)N=c2c(cc(-c3ccc(-c4cccnc4)cc3Cl)c(=O)n2CC)=CC1. The standard InChI is InChI=1S/C28H26ClN5OS/c1-3-18-7-8-20-14-23(22-10-9-19(15-24(22)29)21-6-5-11-30-16-21)28(35)34(4-2)27(20)33-26(18)32-17-25-31-12-13-36-25/h5-6,8-16,32H,3-4,7,17H2,1-2H3. The van der Waals surface area contributed by atoms with Gasteiger partial charge in [0.1, 0.15) is 16.3 Å². The molecule has 0 spiro atoms. The normalized spacial score (nSPS) is 13.0. The highest BCUT2D eigenvalue weighted by molar-refractivity contribution is 7.09. The summed E-state index contributed by atoms with van der Waals surface area (Å²) >= 11 is 8.34. The lowest BCUT2D eigenvalue weighted by Gasteiger charge is -2.12. The molecule has 5 rings (SSSR count). The summed E-state index contributed by atoms with van der Waals surface area (Å²) in [5, 5.41) is 7.86. The second-order valence-electron chi connectivity index (χ2n) is 8.43. The molecule has 0 saturated carbocycles. The van der Waals surface area contributed by atoms with E-state index in [2.05, 4.69) is 28.3 Å². The number of halogens is 1. The quantitative estimate of drug-likeness (QED) is 0.379. The number of benzene rings is 1. The highest BCUT2D eigenvalue weighted by atomic mass is 35.5. The molecular formula is C28H26ClN5OS. The molecule has 1 N–H and O–H groups in total. The van der Waals surface area contributed by atoms with Gasteiger partial charge >= 0.3 is 0 Å². The zero-order chi connectivity index (χ0) is 25.1. The van der Waals surface area contributed by atoms with E-state index in [0.29, 0.717) is 34.7 Å². The molecular weight excluding hydrogens is 490 g/mol. The first-order chi connectivity index (χ1) is 17.6. The lowest BCUT2D eigenvalue weighted by Crippen LogP contribution is -2.44. The van der Waals surface area contributed by atoms with E-state index >= 15 is 0 Å². The summed E-state index contributed by atoms with van der Waals surface area (Å²) in [6.07, 6.45) is 9.11. The summed E-state index contributed by atoms with van der Waals surface area (Å²) in [4.78, 5) is 27.2. The van der Waals surface area contributed by atoms with Gasteiger partial charge in [-0.15, -0.1) is 11.3 Å². The molecule has 1 aromatic carbocycles. The van der Waals surface area contributed by atoms with Crippen LogP contribution in [0.4, 0.5) is 0 Å². The fraction of sp³-hybridized carbons (Fsp3) is 0.214. The Bertz CT molecular complexity index is 1610. The van der Waals surface area contributed by atoms with E-state index in [0.717, 1.165) is 40.0 Å². The Kier molecular flexibility index (Phi) is 7.11. The molecule has 0 saturated heterocycles. The first-order valence-corrected chi connectivity index (χ1v) is 13.2. The third-order valence-corrected chi connectivity index (χ3v) is 7.39. The van der Waals surface area contributed by atoms with Crippen LogP contribution in [0.2, 0.25) is 5.02 Å². The van der Waals surface area contributed by atoms with Crippen molar-refractivity contribution in [1.82, 2.24) is 19.9 Å². The number of nitrogens with one attached hydrogen (secondary N) is 1. The van der Waals surface area contributed by atoms with Crippen LogP contribution in [0.5, 0.6) is 0 Å². The topological polar surface area (TPSA) is 72.2 Å². The molecule has 1 aliphatic heterocycles. The van der Waals surface area contributed by atoms with Crippen molar-refractivity contribution >= 4 is 29.0 Å². The average molecular weight is 516 g/mol. The van der Waals surface area contributed by atoms with Crippen LogP contribution in [0.1, 0.15) is 31.7 Å². The van der Waals surface area contributed by atoms with E-state index in [-0.39, 0.29) is 5.56 Å². The molecule has 4 aromatic rings. The van der Waals surface area contributed by atoms with Crippen molar-refractivity contribution in [3.8, 4) is 22.3 Å². The molecule has 1 aliphatic rings. The van der Waals surface area contributed by atoms with Crippen LogP contribution in [0.15, 0.2) is 81.5 Å².